The summed E-state index contributed by atoms with van der Waals surface area (Å²) in [6.07, 6.45) is 2.82. The molecule has 3 heterocycles. The highest BCUT2D eigenvalue weighted by molar-refractivity contribution is 6.16. The number of nitrogens with one attached hydrogen (secondary N) is 2. The van der Waals surface area contributed by atoms with E-state index in [0.29, 0.717) is 30.0 Å². The summed E-state index contributed by atoms with van der Waals surface area (Å²) >= 11 is 0. The van der Waals surface area contributed by atoms with E-state index in [0.717, 1.165) is 29.5 Å². The number of hydrogen-bond donors (Lipinski definition) is 3. The summed E-state index contributed by atoms with van der Waals surface area (Å²) < 4.78 is 21.2. The normalized spacial score (nSPS) is 14.2. The summed E-state index contributed by atoms with van der Waals surface area (Å²) in [6, 6.07) is 13.6. The number of fused-ring (bicyclic) bond motifs is 1. The van der Waals surface area contributed by atoms with Crippen LogP contribution in [0.4, 0.5) is 16.0 Å². The van der Waals surface area contributed by atoms with Crippen LogP contribution in [0.15, 0.2) is 59.7 Å². The fourth-order valence-electron chi connectivity index (χ4n) is 4.83. The van der Waals surface area contributed by atoms with Crippen molar-refractivity contribution in [1.82, 2.24) is 14.5 Å². The van der Waals surface area contributed by atoms with Crippen molar-refractivity contribution in [3.8, 4) is 0 Å². The Morgan fingerprint density at radius 2 is 1.97 bits per heavy atom. The third-order valence-electron chi connectivity index (χ3n) is 6.60. The summed E-state index contributed by atoms with van der Waals surface area (Å²) in [5.74, 6) is -0.00101. The standard InChI is InChI=1S/C27H27FN6O2/c1-16-4-2-5-17-13-21(34(27(35)22(16)17)20-8-10-36-11-9-20)14-31-26-23(25(30)32-15-33-26)24(29)18-6-3-7-19(28)12-18/h2-7,12-13,15,20,29H,8-11,14H2,1H3,(H3,30,31,32,33). The topological polar surface area (TPSA) is 119 Å². The lowest BCUT2D eigenvalue weighted by molar-refractivity contribution is 0.0681. The summed E-state index contributed by atoms with van der Waals surface area (Å²) in [5, 5.41) is 13.5. The van der Waals surface area contributed by atoms with E-state index in [9.17, 15) is 9.18 Å². The van der Waals surface area contributed by atoms with E-state index >= 15 is 0 Å². The number of nitrogen functional groups attached to an aromatic ring is 1. The van der Waals surface area contributed by atoms with Crippen molar-refractivity contribution in [3.05, 3.63) is 93.4 Å². The van der Waals surface area contributed by atoms with Crippen LogP contribution in [0.1, 0.15) is 41.3 Å². The maximum Gasteiger partial charge on any atom is 0.259 e. The zero-order chi connectivity index (χ0) is 25.2. The van der Waals surface area contributed by atoms with Gasteiger partial charge in [0.05, 0.1) is 23.2 Å². The Morgan fingerprint density at radius 3 is 2.75 bits per heavy atom. The van der Waals surface area contributed by atoms with Crippen LogP contribution in [0.3, 0.4) is 0 Å². The largest absolute Gasteiger partial charge is 0.383 e. The van der Waals surface area contributed by atoms with E-state index < -0.39 is 5.82 Å². The minimum atomic E-state index is -0.450. The van der Waals surface area contributed by atoms with Crippen molar-refractivity contribution >= 4 is 28.1 Å². The Bertz CT molecular complexity index is 1510. The lowest BCUT2D eigenvalue weighted by Crippen LogP contribution is -2.32. The first-order chi connectivity index (χ1) is 17.4. The van der Waals surface area contributed by atoms with E-state index in [1.165, 1.54) is 24.5 Å². The van der Waals surface area contributed by atoms with Gasteiger partial charge in [0.15, 0.2) is 0 Å². The lowest BCUT2D eigenvalue weighted by Gasteiger charge is -2.28. The number of nitrogens with zero attached hydrogens (tertiary/aromatic N) is 3. The van der Waals surface area contributed by atoms with Crippen molar-refractivity contribution in [3.63, 3.8) is 0 Å². The second kappa shape index (κ2) is 9.87. The SMILES string of the molecule is Cc1cccc2cc(CNc3ncnc(N)c3C(=N)c3cccc(F)c3)n(C3CCOCC3)c(=O)c12. The summed E-state index contributed by atoms with van der Waals surface area (Å²) in [7, 11) is 0. The Balaban J connectivity index is 1.55. The molecule has 0 radical (unpaired) electrons. The van der Waals surface area contributed by atoms with Crippen molar-refractivity contribution in [1.29, 1.82) is 5.41 Å². The summed E-state index contributed by atoms with van der Waals surface area (Å²) in [5.41, 5.74) is 8.49. The van der Waals surface area contributed by atoms with E-state index in [1.54, 1.807) is 6.07 Å². The smallest absolute Gasteiger partial charge is 0.259 e. The van der Waals surface area contributed by atoms with Crippen LogP contribution in [-0.4, -0.2) is 33.5 Å². The van der Waals surface area contributed by atoms with Gasteiger partial charge in [-0.05, 0) is 48.9 Å². The van der Waals surface area contributed by atoms with Crippen LogP contribution in [-0.2, 0) is 11.3 Å². The number of anilines is 2. The average molecular weight is 487 g/mol. The number of nitrogens with two attached hydrogens (primary N) is 1. The fourth-order valence-corrected chi connectivity index (χ4v) is 4.83. The minimum absolute atomic E-state index is 0.00561. The second-order valence-corrected chi connectivity index (χ2v) is 8.91. The molecule has 184 valence electrons. The molecule has 0 spiro atoms. The van der Waals surface area contributed by atoms with E-state index in [2.05, 4.69) is 15.3 Å². The predicted octanol–water partition coefficient (Wildman–Crippen LogP) is 4.20. The molecule has 4 N–H and O–H groups in total. The first kappa shape index (κ1) is 23.6. The lowest BCUT2D eigenvalue weighted by atomic mass is 10.0. The molecule has 0 amide bonds. The highest BCUT2D eigenvalue weighted by Crippen LogP contribution is 2.26. The first-order valence-electron chi connectivity index (χ1n) is 11.8. The molecule has 0 unspecified atom stereocenters. The molecule has 1 fully saturated rings. The molecular formula is C27H27FN6O2. The van der Waals surface area contributed by atoms with Gasteiger partial charge in [-0.3, -0.25) is 10.2 Å². The van der Waals surface area contributed by atoms with Crippen molar-refractivity contribution < 1.29 is 9.13 Å². The minimum Gasteiger partial charge on any atom is -0.383 e. The van der Waals surface area contributed by atoms with Crippen molar-refractivity contribution in [2.45, 2.75) is 32.4 Å². The Labute approximate surface area is 207 Å². The fraction of sp³-hybridized carbons (Fsp3) is 0.259. The molecule has 9 heteroatoms. The number of ether oxygens (including phenoxy) is 1. The van der Waals surface area contributed by atoms with Gasteiger partial charge >= 0.3 is 0 Å². The molecule has 0 aliphatic carbocycles. The zero-order valence-corrected chi connectivity index (χ0v) is 19.9. The maximum atomic E-state index is 13.8. The van der Waals surface area contributed by atoms with Gasteiger partial charge in [-0.1, -0.05) is 30.3 Å². The number of pyridine rings is 1. The van der Waals surface area contributed by atoms with Gasteiger partial charge in [-0.2, -0.15) is 0 Å². The van der Waals surface area contributed by atoms with Gasteiger partial charge in [0.1, 0.15) is 23.8 Å². The average Bonchev–Trinajstić information content (AvgIpc) is 2.87. The number of halogens is 1. The van der Waals surface area contributed by atoms with Crippen LogP contribution in [0.2, 0.25) is 0 Å². The molecule has 2 aromatic heterocycles. The molecule has 0 bridgehead atoms. The second-order valence-electron chi connectivity index (χ2n) is 8.91. The molecule has 5 rings (SSSR count). The summed E-state index contributed by atoms with van der Waals surface area (Å²) in [6.45, 7) is 3.43. The van der Waals surface area contributed by atoms with Crippen LogP contribution in [0.5, 0.6) is 0 Å². The highest BCUT2D eigenvalue weighted by Gasteiger charge is 2.22. The molecule has 1 aliphatic heterocycles. The van der Waals surface area contributed by atoms with Crippen LogP contribution >= 0.6 is 0 Å². The van der Waals surface area contributed by atoms with Gasteiger partial charge < -0.3 is 20.4 Å². The molecular weight excluding hydrogens is 459 g/mol. The molecule has 1 saturated heterocycles. The number of rotatable bonds is 6. The molecule has 4 aromatic rings. The Morgan fingerprint density at radius 1 is 1.19 bits per heavy atom. The number of benzene rings is 2. The van der Waals surface area contributed by atoms with E-state index in [-0.39, 0.29) is 35.2 Å². The molecule has 0 atom stereocenters. The Hall–Kier alpha value is -4.11. The monoisotopic (exact) mass is 486 g/mol. The van der Waals surface area contributed by atoms with Gasteiger partial charge in [-0.25, -0.2) is 14.4 Å². The number of aromatic nitrogens is 3. The third-order valence-corrected chi connectivity index (χ3v) is 6.60. The highest BCUT2D eigenvalue weighted by atomic mass is 19.1. The van der Waals surface area contributed by atoms with E-state index in [1.807, 2.05) is 35.8 Å². The van der Waals surface area contributed by atoms with Crippen LogP contribution in [0.25, 0.3) is 10.8 Å². The molecule has 1 aliphatic rings. The molecule has 36 heavy (non-hydrogen) atoms. The van der Waals surface area contributed by atoms with E-state index in [4.69, 9.17) is 15.9 Å². The maximum absolute atomic E-state index is 13.8. The first-order valence-corrected chi connectivity index (χ1v) is 11.8. The van der Waals surface area contributed by atoms with Crippen molar-refractivity contribution in [2.24, 2.45) is 0 Å². The molecule has 0 saturated carbocycles. The molecule has 2 aromatic carbocycles. The van der Waals surface area contributed by atoms with Crippen LogP contribution in [0, 0.1) is 18.2 Å². The Kier molecular flexibility index (Phi) is 6.47. The number of hydrogen-bond acceptors (Lipinski definition) is 7. The number of aryl methyl sites for hydroxylation is 1. The summed E-state index contributed by atoms with van der Waals surface area (Å²) in [4.78, 5) is 22.1. The molecule has 8 nitrogen and oxygen atoms in total. The quantitative estimate of drug-likeness (QED) is 0.352. The zero-order valence-electron chi connectivity index (χ0n) is 19.9. The van der Waals surface area contributed by atoms with Gasteiger partial charge in [0.2, 0.25) is 0 Å². The van der Waals surface area contributed by atoms with Crippen molar-refractivity contribution in [2.75, 3.05) is 24.3 Å². The third kappa shape index (κ3) is 4.45. The van der Waals surface area contributed by atoms with Crippen LogP contribution < -0.4 is 16.6 Å². The van der Waals surface area contributed by atoms with Gasteiger partial charge in [-0.15, -0.1) is 0 Å². The van der Waals surface area contributed by atoms with Gasteiger partial charge in [0, 0.05) is 30.5 Å². The van der Waals surface area contributed by atoms with Gasteiger partial charge in [0.25, 0.3) is 5.56 Å². The predicted molar refractivity (Wildman–Crippen MR) is 138 cm³/mol.